The molecule has 108 valence electrons. The van der Waals surface area contributed by atoms with E-state index in [1.54, 1.807) is 23.2 Å². The summed E-state index contributed by atoms with van der Waals surface area (Å²) >= 11 is 0. The second-order valence-corrected chi connectivity index (χ2v) is 4.97. The molecule has 2 aromatic rings. The molecule has 0 atom stereocenters. The van der Waals surface area contributed by atoms with E-state index in [-0.39, 0.29) is 11.7 Å². The molecule has 4 nitrogen and oxygen atoms in total. The van der Waals surface area contributed by atoms with Crippen molar-refractivity contribution in [2.75, 3.05) is 16.8 Å². The van der Waals surface area contributed by atoms with Crippen LogP contribution in [0, 0.1) is 5.82 Å². The number of benzene rings is 1. The third kappa shape index (κ3) is 2.72. The van der Waals surface area contributed by atoms with Crippen LogP contribution in [-0.2, 0) is 11.2 Å². The molecule has 0 bridgehead atoms. The molecule has 1 amide bonds. The largest absolute Gasteiger partial charge is 0.340 e. The summed E-state index contributed by atoms with van der Waals surface area (Å²) in [4.78, 5) is 18.1. The van der Waals surface area contributed by atoms with Gasteiger partial charge in [0, 0.05) is 30.9 Å². The number of hydrogen-bond acceptors (Lipinski definition) is 3. The third-order valence-corrected chi connectivity index (χ3v) is 3.59. The van der Waals surface area contributed by atoms with Gasteiger partial charge in [0.05, 0.1) is 5.69 Å². The van der Waals surface area contributed by atoms with E-state index in [9.17, 15) is 9.18 Å². The summed E-state index contributed by atoms with van der Waals surface area (Å²) in [6.07, 6.45) is 3.07. The molecule has 0 spiro atoms. The molecule has 0 fully saturated rings. The fraction of sp³-hybridized carbons (Fsp3) is 0.250. The van der Waals surface area contributed by atoms with Crippen LogP contribution in [0.1, 0.15) is 18.9 Å². The first-order chi connectivity index (χ1) is 10.2. The Labute approximate surface area is 122 Å². The topological polar surface area (TPSA) is 45.2 Å². The Morgan fingerprint density at radius 3 is 2.76 bits per heavy atom. The lowest BCUT2D eigenvalue weighted by Gasteiger charge is -2.28. The van der Waals surface area contributed by atoms with Crippen LogP contribution in [-0.4, -0.2) is 17.4 Å². The fourth-order valence-electron chi connectivity index (χ4n) is 2.52. The summed E-state index contributed by atoms with van der Waals surface area (Å²) in [6.45, 7) is 2.60. The molecule has 2 heterocycles. The van der Waals surface area contributed by atoms with Crippen molar-refractivity contribution in [2.24, 2.45) is 0 Å². The summed E-state index contributed by atoms with van der Waals surface area (Å²) in [5, 5.41) is 3.12. The number of fused-ring (bicyclic) bond motifs is 1. The molecule has 3 rings (SSSR count). The van der Waals surface area contributed by atoms with E-state index in [0.29, 0.717) is 18.8 Å². The lowest BCUT2D eigenvalue weighted by molar-refractivity contribution is -0.118. The van der Waals surface area contributed by atoms with Gasteiger partial charge in [-0.15, -0.1) is 0 Å². The van der Waals surface area contributed by atoms with E-state index >= 15 is 0 Å². The Bertz CT molecular complexity index is 670. The van der Waals surface area contributed by atoms with Crippen LogP contribution >= 0.6 is 0 Å². The number of aromatic nitrogens is 1. The first kappa shape index (κ1) is 13.5. The van der Waals surface area contributed by atoms with Crippen molar-refractivity contribution in [3.8, 4) is 0 Å². The van der Waals surface area contributed by atoms with Gasteiger partial charge < -0.3 is 10.2 Å². The molecule has 0 saturated carbocycles. The van der Waals surface area contributed by atoms with Crippen LogP contribution in [0.5, 0.6) is 0 Å². The van der Waals surface area contributed by atoms with Crippen LogP contribution < -0.4 is 10.2 Å². The molecule has 1 aliphatic heterocycles. The molecule has 1 N–H and O–H groups in total. The van der Waals surface area contributed by atoms with Gasteiger partial charge in [0.25, 0.3) is 0 Å². The number of rotatable bonds is 3. The lowest BCUT2D eigenvalue weighted by atomic mass is 10.0. The number of carbonyl (C=O) groups is 1. The zero-order chi connectivity index (χ0) is 14.8. The van der Waals surface area contributed by atoms with Crippen LogP contribution in [0.15, 0.2) is 36.5 Å². The minimum Gasteiger partial charge on any atom is -0.340 e. The molecule has 1 aromatic carbocycles. The zero-order valence-corrected chi connectivity index (χ0v) is 11.8. The van der Waals surface area contributed by atoms with Crippen LogP contribution in [0.25, 0.3) is 0 Å². The van der Waals surface area contributed by atoms with Gasteiger partial charge in [-0.25, -0.2) is 9.37 Å². The van der Waals surface area contributed by atoms with Crippen molar-refractivity contribution >= 4 is 23.1 Å². The van der Waals surface area contributed by atoms with E-state index in [1.807, 2.05) is 13.0 Å². The Morgan fingerprint density at radius 2 is 2.05 bits per heavy atom. The van der Waals surface area contributed by atoms with E-state index in [1.165, 1.54) is 12.1 Å². The second-order valence-electron chi connectivity index (χ2n) is 4.97. The molecular weight excluding hydrogens is 269 g/mol. The molecule has 0 aliphatic carbocycles. The highest BCUT2D eigenvalue weighted by molar-refractivity contribution is 5.96. The highest BCUT2D eigenvalue weighted by Crippen LogP contribution is 2.30. The van der Waals surface area contributed by atoms with Crippen molar-refractivity contribution in [1.29, 1.82) is 0 Å². The van der Waals surface area contributed by atoms with Gasteiger partial charge in [0.15, 0.2) is 0 Å². The average Bonchev–Trinajstić information content (AvgIpc) is 2.49. The second kappa shape index (κ2) is 5.52. The van der Waals surface area contributed by atoms with Gasteiger partial charge in [0.2, 0.25) is 5.91 Å². The molecular formula is C16H16FN3O. The molecule has 5 heteroatoms. The van der Waals surface area contributed by atoms with Crippen LogP contribution in [0.3, 0.4) is 0 Å². The Balaban J connectivity index is 1.89. The third-order valence-electron chi connectivity index (χ3n) is 3.59. The first-order valence-corrected chi connectivity index (χ1v) is 6.99. The number of carbonyl (C=O) groups excluding carboxylic acids is 1. The van der Waals surface area contributed by atoms with E-state index in [0.717, 1.165) is 23.4 Å². The number of halogens is 1. The summed E-state index contributed by atoms with van der Waals surface area (Å²) < 4.78 is 12.9. The maximum absolute atomic E-state index is 12.9. The van der Waals surface area contributed by atoms with E-state index in [2.05, 4.69) is 10.3 Å². The Morgan fingerprint density at radius 1 is 1.29 bits per heavy atom. The maximum atomic E-state index is 12.9. The van der Waals surface area contributed by atoms with Crippen molar-refractivity contribution in [3.63, 3.8) is 0 Å². The minimum absolute atomic E-state index is 0.143. The number of nitrogens with one attached hydrogen (secondary N) is 1. The van der Waals surface area contributed by atoms with Crippen molar-refractivity contribution in [2.45, 2.75) is 19.8 Å². The quantitative estimate of drug-likeness (QED) is 0.941. The summed E-state index contributed by atoms with van der Waals surface area (Å²) in [5.74, 6) is 0.513. The summed E-state index contributed by atoms with van der Waals surface area (Å²) in [6, 6.07) is 7.96. The van der Waals surface area contributed by atoms with E-state index in [4.69, 9.17) is 0 Å². The fourth-order valence-corrected chi connectivity index (χ4v) is 2.52. The van der Waals surface area contributed by atoms with Gasteiger partial charge in [-0.2, -0.15) is 0 Å². The molecule has 0 saturated heterocycles. The Hall–Kier alpha value is -2.43. The molecule has 1 aliphatic rings. The highest BCUT2D eigenvalue weighted by Gasteiger charge is 2.23. The van der Waals surface area contributed by atoms with Crippen molar-refractivity contribution in [1.82, 2.24) is 4.98 Å². The molecule has 1 aromatic heterocycles. The predicted octanol–water partition coefficient (Wildman–Crippen LogP) is 3.26. The standard InChI is InChI=1S/C16H16FN3O/c1-2-20-14-9-15(18-10-11(14)3-8-16(20)21)19-13-6-4-12(17)5-7-13/h4-7,9-10H,2-3,8H2,1H3,(H,18,19). The number of nitrogens with zero attached hydrogens (tertiary/aromatic N) is 2. The van der Waals surface area contributed by atoms with Crippen molar-refractivity contribution in [3.05, 3.63) is 47.9 Å². The predicted molar refractivity (Wildman–Crippen MR) is 80.3 cm³/mol. The summed E-state index contributed by atoms with van der Waals surface area (Å²) in [7, 11) is 0. The molecule has 0 radical (unpaired) electrons. The first-order valence-electron chi connectivity index (χ1n) is 6.99. The van der Waals surface area contributed by atoms with E-state index < -0.39 is 0 Å². The SMILES string of the molecule is CCN1C(=O)CCc2cnc(Nc3ccc(F)cc3)cc21. The molecule has 0 unspecified atom stereocenters. The Kier molecular flexibility index (Phi) is 3.56. The van der Waals surface area contributed by atoms with Gasteiger partial charge in [-0.1, -0.05) is 0 Å². The van der Waals surface area contributed by atoms with Crippen LogP contribution in [0.2, 0.25) is 0 Å². The number of pyridine rings is 1. The summed E-state index contributed by atoms with van der Waals surface area (Å²) in [5.41, 5.74) is 2.75. The molecule has 21 heavy (non-hydrogen) atoms. The number of hydrogen-bond donors (Lipinski definition) is 1. The van der Waals surface area contributed by atoms with Gasteiger partial charge in [0.1, 0.15) is 11.6 Å². The minimum atomic E-state index is -0.276. The number of aryl methyl sites for hydroxylation is 1. The van der Waals surface area contributed by atoms with Gasteiger partial charge >= 0.3 is 0 Å². The number of anilines is 3. The van der Waals surface area contributed by atoms with Crippen LogP contribution in [0.4, 0.5) is 21.6 Å². The lowest BCUT2D eigenvalue weighted by Crippen LogP contribution is -2.34. The average molecular weight is 285 g/mol. The number of amides is 1. The van der Waals surface area contributed by atoms with Gasteiger partial charge in [-0.05, 0) is 43.2 Å². The normalized spacial score (nSPS) is 14.0. The van der Waals surface area contributed by atoms with Gasteiger partial charge in [-0.3, -0.25) is 4.79 Å². The maximum Gasteiger partial charge on any atom is 0.227 e. The smallest absolute Gasteiger partial charge is 0.227 e. The zero-order valence-electron chi connectivity index (χ0n) is 11.8. The highest BCUT2D eigenvalue weighted by atomic mass is 19.1. The monoisotopic (exact) mass is 285 g/mol. The van der Waals surface area contributed by atoms with Crippen molar-refractivity contribution < 1.29 is 9.18 Å².